The largest absolute Gasteiger partial charge is 0.300 e. The summed E-state index contributed by atoms with van der Waals surface area (Å²) in [5.41, 5.74) is 0.910. The number of carbonyl (C=O) groups is 1. The normalized spacial score (nSPS) is 9.89. The second-order valence-electron chi connectivity index (χ2n) is 3.69. The number of hydrogen-bond donors (Lipinski definition) is 1. The molecule has 5 nitrogen and oxygen atoms in total. The topological polar surface area (TPSA) is 78.7 Å². The lowest BCUT2D eigenvalue weighted by Crippen LogP contribution is -2.09. The van der Waals surface area contributed by atoms with Gasteiger partial charge in [-0.1, -0.05) is 23.5 Å². The Balaban J connectivity index is 1.99. The molecule has 0 bridgehead atoms. The maximum atomic E-state index is 12.7. The van der Waals surface area contributed by atoms with E-state index in [0.29, 0.717) is 16.6 Å². The molecular weight excluding hydrogens is 267 g/mol. The molecule has 96 valence electrons. The molecule has 19 heavy (non-hydrogen) atoms. The third-order valence-corrected chi connectivity index (χ3v) is 3.06. The summed E-state index contributed by atoms with van der Waals surface area (Å²) >= 11 is 1.23. The minimum Gasteiger partial charge on any atom is -0.300 e. The van der Waals surface area contributed by atoms with Gasteiger partial charge in [0.25, 0.3) is 0 Å². The van der Waals surface area contributed by atoms with Gasteiger partial charge in [-0.15, -0.1) is 10.2 Å². The van der Waals surface area contributed by atoms with Crippen LogP contribution in [0.1, 0.15) is 17.0 Å². The van der Waals surface area contributed by atoms with Crippen molar-refractivity contribution in [3.05, 3.63) is 40.7 Å². The molecule has 0 aliphatic carbocycles. The highest BCUT2D eigenvalue weighted by atomic mass is 32.1. The number of hydrogen-bond acceptors (Lipinski definition) is 5. The molecular formula is C12H9FN4OS. The van der Waals surface area contributed by atoms with E-state index >= 15 is 0 Å². The number of benzene rings is 1. The molecule has 7 heteroatoms. The first-order valence-electron chi connectivity index (χ1n) is 5.41. The highest BCUT2D eigenvalue weighted by Crippen LogP contribution is 2.18. The zero-order chi connectivity index (χ0) is 13.7. The average molecular weight is 276 g/mol. The summed E-state index contributed by atoms with van der Waals surface area (Å²) in [5.74, 6) is -0.697. The summed E-state index contributed by atoms with van der Waals surface area (Å²) in [5, 5.41) is 19.6. The Labute approximate surface area is 112 Å². The Kier molecular flexibility index (Phi) is 4.15. The van der Waals surface area contributed by atoms with Gasteiger partial charge >= 0.3 is 0 Å². The van der Waals surface area contributed by atoms with E-state index in [1.807, 2.05) is 0 Å². The minimum atomic E-state index is -0.410. The number of nitrogens with zero attached hydrogens (tertiary/aromatic N) is 3. The Morgan fingerprint density at radius 3 is 2.79 bits per heavy atom. The third kappa shape index (κ3) is 3.82. The molecule has 1 N–H and O–H groups in total. The monoisotopic (exact) mass is 276 g/mol. The highest BCUT2D eigenvalue weighted by molar-refractivity contribution is 7.15. The van der Waals surface area contributed by atoms with Crippen molar-refractivity contribution < 1.29 is 9.18 Å². The minimum absolute atomic E-state index is 0.215. The lowest BCUT2D eigenvalue weighted by Gasteiger charge is -1.96. The van der Waals surface area contributed by atoms with Crippen LogP contribution < -0.4 is 5.32 Å². The van der Waals surface area contributed by atoms with Crippen molar-refractivity contribution in [2.45, 2.75) is 12.8 Å². The van der Waals surface area contributed by atoms with Crippen LogP contribution in [-0.2, 0) is 11.2 Å². The van der Waals surface area contributed by atoms with Crippen LogP contribution in [0.3, 0.4) is 0 Å². The zero-order valence-electron chi connectivity index (χ0n) is 9.76. The van der Waals surface area contributed by atoms with Gasteiger partial charge in [-0.05, 0) is 17.7 Å². The van der Waals surface area contributed by atoms with Crippen molar-refractivity contribution in [1.82, 2.24) is 10.2 Å². The molecule has 0 spiro atoms. The van der Waals surface area contributed by atoms with Gasteiger partial charge in [0.2, 0.25) is 11.0 Å². The fraction of sp³-hybridized carbons (Fsp3) is 0.167. The van der Waals surface area contributed by atoms with Gasteiger partial charge in [-0.2, -0.15) is 5.26 Å². The standard InChI is InChI=1S/C12H9FN4OS/c13-9-3-1-8(2-4-9)7-11-16-17-12(19-11)15-10(18)5-6-14/h1-4H,5,7H2,(H,15,17,18). The first-order chi connectivity index (χ1) is 9.17. The second-order valence-corrected chi connectivity index (χ2v) is 4.75. The van der Waals surface area contributed by atoms with E-state index in [4.69, 9.17) is 5.26 Å². The predicted molar refractivity (Wildman–Crippen MR) is 68.0 cm³/mol. The van der Waals surface area contributed by atoms with Crippen LogP contribution in [0.25, 0.3) is 0 Å². The maximum absolute atomic E-state index is 12.7. The Bertz CT molecular complexity index is 617. The molecule has 2 rings (SSSR count). The van der Waals surface area contributed by atoms with Gasteiger partial charge in [0.1, 0.15) is 17.2 Å². The predicted octanol–water partition coefficient (Wildman–Crippen LogP) is 2.12. The molecule has 1 amide bonds. The maximum Gasteiger partial charge on any atom is 0.240 e. The van der Waals surface area contributed by atoms with Gasteiger partial charge in [0.15, 0.2) is 0 Å². The summed E-state index contributed by atoms with van der Waals surface area (Å²) in [7, 11) is 0. The molecule has 0 atom stereocenters. The number of amides is 1. The van der Waals surface area contributed by atoms with Gasteiger partial charge in [-0.3, -0.25) is 10.1 Å². The molecule has 1 heterocycles. The number of anilines is 1. The van der Waals surface area contributed by atoms with Crippen LogP contribution in [0.2, 0.25) is 0 Å². The van der Waals surface area contributed by atoms with Crippen molar-refractivity contribution >= 4 is 22.4 Å². The quantitative estimate of drug-likeness (QED) is 0.927. The first kappa shape index (κ1) is 13.1. The van der Waals surface area contributed by atoms with Crippen molar-refractivity contribution in [3.63, 3.8) is 0 Å². The summed E-state index contributed by atoms with van der Waals surface area (Å²) in [6.45, 7) is 0. The van der Waals surface area contributed by atoms with Crippen molar-refractivity contribution in [2.75, 3.05) is 5.32 Å². The van der Waals surface area contributed by atoms with Crippen LogP contribution in [-0.4, -0.2) is 16.1 Å². The average Bonchev–Trinajstić information content (AvgIpc) is 2.80. The number of carbonyl (C=O) groups excluding carboxylic acids is 1. The molecule has 0 aliphatic rings. The summed E-state index contributed by atoms with van der Waals surface area (Å²) < 4.78 is 12.7. The summed E-state index contributed by atoms with van der Waals surface area (Å²) in [4.78, 5) is 11.2. The second kappa shape index (κ2) is 6.02. The van der Waals surface area contributed by atoms with Crippen molar-refractivity contribution in [1.29, 1.82) is 5.26 Å². The van der Waals surface area contributed by atoms with E-state index < -0.39 is 5.91 Å². The molecule has 1 aromatic carbocycles. The molecule has 0 saturated carbocycles. The third-order valence-electron chi connectivity index (χ3n) is 2.22. The van der Waals surface area contributed by atoms with Crippen LogP contribution in [0.15, 0.2) is 24.3 Å². The van der Waals surface area contributed by atoms with E-state index in [1.54, 1.807) is 18.2 Å². The fourth-order valence-corrected chi connectivity index (χ4v) is 2.18. The Hall–Kier alpha value is -2.33. The number of halogens is 1. The van der Waals surface area contributed by atoms with Crippen LogP contribution in [0.5, 0.6) is 0 Å². The Morgan fingerprint density at radius 1 is 1.37 bits per heavy atom. The number of rotatable bonds is 4. The van der Waals surface area contributed by atoms with Crippen LogP contribution >= 0.6 is 11.3 Å². The lowest BCUT2D eigenvalue weighted by atomic mass is 10.2. The molecule has 0 saturated heterocycles. The van der Waals surface area contributed by atoms with Gasteiger partial charge in [0, 0.05) is 6.42 Å². The molecule has 0 radical (unpaired) electrons. The lowest BCUT2D eigenvalue weighted by molar-refractivity contribution is -0.115. The van der Waals surface area contributed by atoms with Crippen molar-refractivity contribution in [2.24, 2.45) is 0 Å². The molecule has 1 aromatic heterocycles. The van der Waals surface area contributed by atoms with Crippen LogP contribution in [0.4, 0.5) is 9.52 Å². The van der Waals surface area contributed by atoms with Crippen LogP contribution in [0, 0.1) is 17.1 Å². The number of nitriles is 1. The molecule has 0 fully saturated rings. The summed E-state index contributed by atoms with van der Waals surface area (Å²) in [6.07, 6.45) is 0.305. The molecule has 0 unspecified atom stereocenters. The smallest absolute Gasteiger partial charge is 0.240 e. The van der Waals surface area contributed by atoms with E-state index in [0.717, 1.165) is 5.56 Å². The van der Waals surface area contributed by atoms with Gasteiger partial charge in [-0.25, -0.2) is 4.39 Å². The SMILES string of the molecule is N#CCC(=O)Nc1nnc(Cc2ccc(F)cc2)s1. The highest BCUT2D eigenvalue weighted by Gasteiger charge is 2.08. The van der Waals surface area contributed by atoms with Crippen molar-refractivity contribution in [3.8, 4) is 6.07 Å². The fourth-order valence-electron chi connectivity index (χ4n) is 1.39. The number of nitrogens with one attached hydrogen (secondary N) is 1. The van der Waals surface area contributed by atoms with Gasteiger partial charge < -0.3 is 0 Å². The van der Waals surface area contributed by atoms with E-state index in [1.165, 1.54) is 23.5 Å². The molecule has 2 aromatic rings. The van der Waals surface area contributed by atoms with E-state index in [-0.39, 0.29) is 12.2 Å². The van der Waals surface area contributed by atoms with E-state index in [9.17, 15) is 9.18 Å². The zero-order valence-corrected chi connectivity index (χ0v) is 10.6. The molecule has 0 aliphatic heterocycles. The number of aromatic nitrogens is 2. The Morgan fingerprint density at radius 2 is 2.11 bits per heavy atom. The summed E-state index contributed by atoms with van der Waals surface area (Å²) in [6, 6.07) is 7.85. The van der Waals surface area contributed by atoms with E-state index in [2.05, 4.69) is 15.5 Å². The van der Waals surface area contributed by atoms with Gasteiger partial charge in [0.05, 0.1) is 6.07 Å². The first-order valence-corrected chi connectivity index (χ1v) is 6.22.